The second-order valence-electron chi connectivity index (χ2n) is 3.57. The van der Waals surface area contributed by atoms with E-state index >= 15 is 0 Å². The van der Waals surface area contributed by atoms with E-state index in [1.807, 2.05) is 31.2 Å². The predicted octanol–water partition coefficient (Wildman–Crippen LogP) is 5.31. The highest BCUT2D eigenvalue weighted by Crippen LogP contribution is 2.28. The minimum Gasteiger partial charge on any atom is -0.339 e. The molecule has 0 spiro atoms. The third-order valence-corrected chi connectivity index (χ3v) is 3.88. The van der Waals surface area contributed by atoms with Crippen LogP contribution in [0, 0.1) is 6.92 Å². The largest absolute Gasteiger partial charge is 0.339 e. The molecule has 2 aromatic rings. The van der Waals surface area contributed by atoms with Crippen molar-refractivity contribution >= 4 is 55.0 Å². The molecular weight excluding hydrogens is 367 g/mol. The highest BCUT2D eigenvalue weighted by Gasteiger charge is 2.03. The third kappa shape index (κ3) is 3.21. The van der Waals surface area contributed by atoms with Crippen molar-refractivity contribution in [3.05, 3.63) is 50.0 Å². The minimum absolute atomic E-state index is 0.654. The molecule has 0 atom stereocenters. The molecule has 0 saturated carbocycles. The van der Waals surface area contributed by atoms with Crippen molar-refractivity contribution in [2.45, 2.75) is 6.92 Å². The van der Waals surface area contributed by atoms with E-state index in [1.54, 1.807) is 6.20 Å². The lowest BCUT2D eigenvalue weighted by atomic mass is 10.3. The van der Waals surface area contributed by atoms with Gasteiger partial charge in [-0.2, -0.15) is 0 Å². The second-order valence-corrected chi connectivity index (χ2v) is 5.75. The van der Waals surface area contributed by atoms with E-state index in [0.717, 1.165) is 26.0 Å². The summed E-state index contributed by atoms with van der Waals surface area (Å²) in [7, 11) is 0. The molecular formula is C12H9Br2ClN2. The van der Waals surface area contributed by atoms with Gasteiger partial charge in [-0.1, -0.05) is 27.5 Å². The highest BCUT2D eigenvalue weighted by molar-refractivity contribution is 9.10. The number of nitrogens with one attached hydrogen (secondary N) is 1. The van der Waals surface area contributed by atoms with Crippen LogP contribution in [-0.4, -0.2) is 4.98 Å². The first-order chi connectivity index (χ1) is 8.06. The number of hydrogen-bond donors (Lipinski definition) is 1. The Labute approximate surface area is 122 Å². The molecule has 1 aromatic carbocycles. The average molecular weight is 376 g/mol. The Morgan fingerprint density at radius 2 is 2.00 bits per heavy atom. The van der Waals surface area contributed by atoms with E-state index in [-0.39, 0.29) is 0 Å². The molecule has 17 heavy (non-hydrogen) atoms. The SMILES string of the molecule is Cc1cc(Nc2ccc(Br)cc2Cl)ncc1Br. The van der Waals surface area contributed by atoms with E-state index in [9.17, 15) is 0 Å². The summed E-state index contributed by atoms with van der Waals surface area (Å²) in [6.45, 7) is 2.01. The Hall–Kier alpha value is -0.580. The maximum Gasteiger partial charge on any atom is 0.130 e. The molecule has 0 saturated heterocycles. The average Bonchev–Trinajstić information content (AvgIpc) is 2.27. The van der Waals surface area contributed by atoms with E-state index in [2.05, 4.69) is 42.2 Å². The molecule has 2 rings (SSSR count). The fourth-order valence-corrected chi connectivity index (χ4v) is 2.27. The summed E-state index contributed by atoms with van der Waals surface area (Å²) in [5.74, 6) is 0.773. The zero-order valence-electron chi connectivity index (χ0n) is 8.97. The number of rotatable bonds is 2. The first-order valence-corrected chi connectivity index (χ1v) is 6.87. The quantitative estimate of drug-likeness (QED) is 0.768. The molecule has 88 valence electrons. The van der Waals surface area contributed by atoms with Gasteiger partial charge in [0.15, 0.2) is 0 Å². The van der Waals surface area contributed by atoms with Crippen molar-refractivity contribution in [3.8, 4) is 0 Å². The molecule has 0 amide bonds. The van der Waals surface area contributed by atoms with Crippen molar-refractivity contribution in [2.75, 3.05) is 5.32 Å². The van der Waals surface area contributed by atoms with Gasteiger partial charge in [-0.25, -0.2) is 4.98 Å². The van der Waals surface area contributed by atoms with Gasteiger partial charge in [0, 0.05) is 15.1 Å². The number of aromatic nitrogens is 1. The minimum atomic E-state index is 0.654. The predicted molar refractivity (Wildman–Crippen MR) is 79.1 cm³/mol. The Bertz CT molecular complexity index is 558. The van der Waals surface area contributed by atoms with Crippen LogP contribution in [0.1, 0.15) is 5.56 Å². The Morgan fingerprint density at radius 3 is 2.65 bits per heavy atom. The van der Waals surface area contributed by atoms with Gasteiger partial charge in [0.1, 0.15) is 5.82 Å². The van der Waals surface area contributed by atoms with Crippen LogP contribution in [0.25, 0.3) is 0 Å². The fraction of sp³-hybridized carbons (Fsp3) is 0.0833. The van der Waals surface area contributed by atoms with Gasteiger partial charge >= 0.3 is 0 Å². The van der Waals surface area contributed by atoms with Crippen LogP contribution in [0.3, 0.4) is 0 Å². The summed E-state index contributed by atoms with van der Waals surface area (Å²) >= 11 is 12.9. The molecule has 5 heteroatoms. The maximum atomic E-state index is 6.12. The first kappa shape index (κ1) is 12.9. The Kier molecular flexibility index (Phi) is 4.07. The van der Waals surface area contributed by atoms with E-state index < -0.39 is 0 Å². The summed E-state index contributed by atoms with van der Waals surface area (Å²) in [5, 5.41) is 3.84. The Balaban J connectivity index is 2.28. The van der Waals surface area contributed by atoms with Crippen LogP contribution in [0.2, 0.25) is 5.02 Å². The molecule has 1 heterocycles. The topological polar surface area (TPSA) is 24.9 Å². The normalized spacial score (nSPS) is 10.4. The van der Waals surface area contributed by atoms with Crippen molar-refractivity contribution in [2.24, 2.45) is 0 Å². The summed E-state index contributed by atoms with van der Waals surface area (Å²) in [6.07, 6.45) is 1.77. The van der Waals surface area contributed by atoms with E-state index in [1.165, 1.54) is 0 Å². The first-order valence-electron chi connectivity index (χ1n) is 4.90. The van der Waals surface area contributed by atoms with Crippen LogP contribution in [0.4, 0.5) is 11.5 Å². The van der Waals surface area contributed by atoms with E-state index in [0.29, 0.717) is 5.02 Å². The van der Waals surface area contributed by atoms with Gasteiger partial charge in [0.2, 0.25) is 0 Å². The molecule has 0 unspecified atom stereocenters. The number of nitrogens with zero attached hydrogens (tertiary/aromatic N) is 1. The van der Waals surface area contributed by atoms with Crippen LogP contribution in [0.15, 0.2) is 39.4 Å². The molecule has 0 bridgehead atoms. The molecule has 1 N–H and O–H groups in total. The Morgan fingerprint density at radius 1 is 1.24 bits per heavy atom. The lowest BCUT2D eigenvalue weighted by Crippen LogP contribution is -1.95. The summed E-state index contributed by atoms with van der Waals surface area (Å²) < 4.78 is 1.94. The number of benzene rings is 1. The zero-order valence-corrected chi connectivity index (χ0v) is 12.9. The molecule has 0 radical (unpaired) electrons. The number of hydrogen-bond acceptors (Lipinski definition) is 2. The zero-order chi connectivity index (χ0) is 12.4. The number of anilines is 2. The van der Waals surface area contributed by atoms with Crippen LogP contribution in [-0.2, 0) is 0 Å². The van der Waals surface area contributed by atoms with Gasteiger partial charge in [0.05, 0.1) is 10.7 Å². The molecule has 0 fully saturated rings. The third-order valence-electron chi connectivity index (χ3n) is 2.24. The fourth-order valence-electron chi connectivity index (χ4n) is 1.34. The molecule has 0 aliphatic heterocycles. The number of aryl methyl sites for hydroxylation is 1. The van der Waals surface area contributed by atoms with Gasteiger partial charge in [-0.15, -0.1) is 0 Å². The second kappa shape index (κ2) is 5.38. The number of halogens is 3. The van der Waals surface area contributed by atoms with Crippen molar-refractivity contribution in [3.63, 3.8) is 0 Å². The standard InChI is InChI=1S/C12H9Br2ClN2/c1-7-4-12(16-6-9(7)14)17-11-3-2-8(13)5-10(11)15/h2-6H,1H3,(H,16,17). The van der Waals surface area contributed by atoms with Gasteiger partial charge in [-0.3, -0.25) is 0 Å². The highest BCUT2D eigenvalue weighted by atomic mass is 79.9. The lowest BCUT2D eigenvalue weighted by molar-refractivity contribution is 1.25. The molecule has 0 aliphatic carbocycles. The van der Waals surface area contributed by atoms with Crippen molar-refractivity contribution in [1.29, 1.82) is 0 Å². The van der Waals surface area contributed by atoms with Crippen molar-refractivity contribution < 1.29 is 0 Å². The monoisotopic (exact) mass is 374 g/mol. The maximum absolute atomic E-state index is 6.12. The van der Waals surface area contributed by atoms with Gasteiger partial charge in [-0.05, 0) is 52.7 Å². The summed E-state index contributed by atoms with van der Waals surface area (Å²) in [5.41, 5.74) is 1.96. The lowest BCUT2D eigenvalue weighted by Gasteiger charge is -2.09. The molecule has 0 aliphatic rings. The van der Waals surface area contributed by atoms with Crippen molar-refractivity contribution in [1.82, 2.24) is 4.98 Å². The van der Waals surface area contributed by atoms with Gasteiger partial charge in [0.25, 0.3) is 0 Å². The molecule has 2 nitrogen and oxygen atoms in total. The van der Waals surface area contributed by atoms with E-state index in [4.69, 9.17) is 11.6 Å². The summed E-state index contributed by atoms with van der Waals surface area (Å²) in [6, 6.07) is 7.64. The van der Waals surface area contributed by atoms with Crippen LogP contribution < -0.4 is 5.32 Å². The van der Waals surface area contributed by atoms with Gasteiger partial charge < -0.3 is 5.32 Å². The van der Waals surface area contributed by atoms with Crippen LogP contribution >= 0.6 is 43.5 Å². The smallest absolute Gasteiger partial charge is 0.130 e. The molecule has 1 aromatic heterocycles. The van der Waals surface area contributed by atoms with Crippen LogP contribution in [0.5, 0.6) is 0 Å². The summed E-state index contributed by atoms with van der Waals surface area (Å²) in [4.78, 5) is 4.27. The number of pyridine rings is 1.